The van der Waals surface area contributed by atoms with Crippen LogP contribution < -0.4 is 29.6 Å². The molecule has 1 aromatic carbocycles. The van der Waals surface area contributed by atoms with Gasteiger partial charge in [-0.05, 0) is 0 Å². The third kappa shape index (κ3) is 51.8. The van der Waals surface area contributed by atoms with Crippen LogP contribution in [0.4, 0.5) is 17.6 Å². The van der Waals surface area contributed by atoms with Gasteiger partial charge >= 0.3 is 58.8 Å². The van der Waals surface area contributed by atoms with Gasteiger partial charge in [-0.3, -0.25) is 8.78 Å². The predicted octanol–water partition coefficient (Wildman–Crippen LogP) is -9.16. The van der Waals surface area contributed by atoms with Crippen LogP contribution in [0.15, 0.2) is 6.07 Å². The van der Waals surface area contributed by atoms with Gasteiger partial charge in [0.15, 0.2) is 0 Å². The third-order valence-corrected chi connectivity index (χ3v) is 0.921. The van der Waals surface area contributed by atoms with E-state index in [0.29, 0.717) is 6.07 Å². The van der Waals surface area contributed by atoms with Crippen molar-refractivity contribution in [1.82, 2.24) is 0 Å². The topological polar surface area (TPSA) is 243 Å². The van der Waals surface area contributed by atoms with Gasteiger partial charge in [0.1, 0.15) is 0 Å². The summed E-state index contributed by atoms with van der Waals surface area (Å²) in [6.07, 6.45) is 0. The van der Waals surface area contributed by atoms with E-state index in [1.165, 1.54) is 0 Å². The van der Waals surface area contributed by atoms with Crippen LogP contribution in [0.3, 0.4) is 0 Å². The van der Waals surface area contributed by atoms with Gasteiger partial charge < -0.3 is 60.3 Å². The zero-order valence-corrected chi connectivity index (χ0v) is 15.3. The van der Waals surface area contributed by atoms with Crippen molar-refractivity contribution in [3.05, 3.63) is 35.4 Å². The second-order valence-corrected chi connectivity index (χ2v) is 2.96. The first-order valence-electron chi connectivity index (χ1n) is 5.43. The molecule has 1 rings (SSSR count). The maximum atomic E-state index is 12.0. The normalized spacial score (nSPS) is 7.70. The van der Waals surface area contributed by atoms with Crippen molar-refractivity contribution >= 4 is 29.3 Å². The fourth-order valence-electron chi connectivity index (χ4n) is 0.455. The van der Waals surface area contributed by atoms with Crippen LogP contribution in [0.25, 0.3) is 0 Å². The van der Waals surface area contributed by atoms with Crippen molar-refractivity contribution in [2.24, 2.45) is 0 Å². The molecule has 0 aliphatic rings. The van der Waals surface area contributed by atoms with Gasteiger partial charge in [-0.25, -0.2) is 8.78 Å². The average molecular weight is 419 g/mol. The van der Waals surface area contributed by atoms with E-state index in [9.17, 15) is 17.6 Å². The Hall–Kier alpha value is -0.280. The first-order chi connectivity index (χ1) is 11.6. The molecule has 0 bridgehead atoms. The Morgan fingerprint density at radius 2 is 0.778 bits per heavy atom. The summed E-state index contributed by atoms with van der Waals surface area (Å²) in [5.74, 6) is -6.60. The van der Waals surface area contributed by atoms with E-state index < -0.39 is 52.6 Å². The van der Waals surface area contributed by atoms with Crippen molar-refractivity contribution in [2.45, 2.75) is 0 Å². The van der Waals surface area contributed by atoms with E-state index in [2.05, 4.69) is 0 Å². The summed E-state index contributed by atoms with van der Waals surface area (Å²) in [5, 5.41) is 86.0. The molecule has 21 heteroatoms. The molecule has 0 saturated carbocycles. The molecule has 0 saturated heterocycles. The third-order valence-electron chi connectivity index (χ3n) is 0.921. The summed E-state index contributed by atoms with van der Waals surface area (Å²) < 4.78 is 47.8. The van der Waals surface area contributed by atoms with Crippen LogP contribution in [-0.4, -0.2) is 89.6 Å². The molecule has 0 aliphatic heterocycles. The molecule has 27 heavy (non-hydrogen) atoms. The Kier molecular flexibility index (Phi) is 33.0. The van der Waals surface area contributed by atoms with Crippen molar-refractivity contribution in [3.63, 3.8) is 0 Å². The van der Waals surface area contributed by atoms with Crippen LogP contribution in [0.1, 0.15) is 0 Å². The van der Waals surface area contributed by atoms with Gasteiger partial charge in [-0.1, -0.05) is 0 Å². The number of hydrogen-bond donors (Lipinski definition) is 12. The zero-order chi connectivity index (χ0) is 22.0. The number of hydrogen-bond acceptors (Lipinski definition) is 12. The number of rotatable bonds is 0. The standard InChI is InChI=1S/C6HF4.4BH3O3.Na/c7-3-1-2-4(8)6(10)5(3)9;4*2-1(3)4;/h1H;4*2-4H;/q-1;;;;;+1. The van der Waals surface area contributed by atoms with E-state index in [1.54, 1.807) is 6.07 Å². The second kappa shape index (κ2) is 23.8. The van der Waals surface area contributed by atoms with Gasteiger partial charge in [0.2, 0.25) is 0 Å². The smallest absolute Gasteiger partial charge is 0.402 e. The molecule has 0 aliphatic carbocycles. The van der Waals surface area contributed by atoms with E-state index >= 15 is 0 Å². The first kappa shape index (κ1) is 37.5. The molecule has 0 radical (unpaired) electrons. The molecule has 0 atom stereocenters. The molecule has 12 nitrogen and oxygen atoms in total. The number of halogens is 4. The summed E-state index contributed by atoms with van der Waals surface area (Å²) in [7, 11) is -8.67. The molecule has 1 aromatic rings. The SMILES string of the molecule is Fc1[c-]cc(F)c(F)c1F.OB(O)O.OB(O)O.OB(O)O.OB(O)O.[Na+]. The number of benzene rings is 1. The molecule has 0 amide bonds. The monoisotopic (exact) mass is 420 g/mol. The minimum atomic E-state index is -2.17. The maximum Gasteiger partial charge on any atom is 1.00 e. The Balaban J connectivity index is -0.0000000814. The van der Waals surface area contributed by atoms with Crippen LogP contribution in [-0.2, 0) is 0 Å². The molecule has 0 unspecified atom stereocenters. The Morgan fingerprint density at radius 3 is 0.963 bits per heavy atom. The van der Waals surface area contributed by atoms with Gasteiger partial charge in [0, 0.05) is 11.6 Å². The molecule has 0 aromatic heterocycles. The van der Waals surface area contributed by atoms with Gasteiger partial charge in [-0.15, -0.1) is 12.1 Å². The van der Waals surface area contributed by atoms with Crippen molar-refractivity contribution in [3.8, 4) is 0 Å². The van der Waals surface area contributed by atoms with Crippen LogP contribution in [0.5, 0.6) is 0 Å². The van der Waals surface area contributed by atoms with E-state index in [1.807, 2.05) is 0 Å². The van der Waals surface area contributed by atoms with E-state index in [0.717, 1.165) is 0 Å². The largest absolute Gasteiger partial charge is 1.00 e. The molecule has 0 spiro atoms. The van der Waals surface area contributed by atoms with Crippen LogP contribution in [0.2, 0.25) is 0 Å². The first-order valence-corrected chi connectivity index (χ1v) is 5.43. The van der Waals surface area contributed by atoms with Crippen LogP contribution in [0, 0.1) is 29.3 Å². The van der Waals surface area contributed by atoms with E-state index in [-0.39, 0.29) is 29.6 Å². The molecule has 12 N–H and O–H groups in total. The van der Waals surface area contributed by atoms with Crippen molar-refractivity contribution < 1.29 is 107 Å². The maximum absolute atomic E-state index is 12.0. The molecular formula is C6H13B4F4NaO12. The Bertz CT molecular complexity index is 387. The minimum Gasteiger partial charge on any atom is -0.402 e. The summed E-state index contributed by atoms with van der Waals surface area (Å²) in [4.78, 5) is 0. The summed E-state index contributed by atoms with van der Waals surface area (Å²) in [6.45, 7) is 0. The van der Waals surface area contributed by atoms with Gasteiger partial charge in [0.25, 0.3) is 0 Å². The predicted molar refractivity (Wildman–Crippen MR) is 74.8 cm³/mol. The van der Waals surface area contributed by atoms with Crippen molar-refractivity contribution in [1.29, 1.82) is 0 Å². The van der Waals surface area contributed by atoms with Crippen LogP contribution >= 0.6 is 0 Å². The Labute approximate surface area is 172 Å². The fourth-order valence-corrected chi connectivity index (χ4v) is 0.455. The zero-order valence-electron chi connectivity index (χ0n) is 13.3. The molecular weight excluding hydrogens is 406 g/mol. The van der Waals surface area contributed by atoms with Gasteiger partial charge in [0.05, 0.1) is 11.6 Å². The quantitative estimate of drug-likeness (QED) is 0.0616. The summed E-state index contributed by atoms with van der Waals surface area (Å²) in [6, 6.07) is 1.95. The Morgan fingerprint density at radius 1 is 0.556 bits per heavy atom. The summed E-state index contributed by atoms with van der Waals surface area (Å²) in [5.41, 5.74) is 0. The minimum absolute atomic E-state index is 0. The molecule has 0 fully saturated rings. The average Bonchev–Trinajstić information content (AvgIpc) is 2.38. The summed E-state index contributed by atoms with van der Waals surface area (Å²) >= 11 is 0. The molecule has 0 heterocycles. The van der Waals surface area contributed by atoms with E-state index in [4.69, 9.17) is 60.3 Å². The molecule has 150 valence electrons. The van der Waals surface area contributed by atoms with Crippen molar-refractivity contribution in [2.75, 3.05) is 0 Å². The van der Waals surface area contributed by atoms with Gasteiger partial charge in [-0.2, -0.15) is 0 Å². The fraction of sp³-hybridized carbons (Fsp3) is 0. The second-order valence-electron chi connectivity index (χ2n) is 2.96.